The summed E-state index contributed by atoms with van der Waals surface area (Å²) < 4.78 is 20.9. The van der Waals surface area contributed by atoms with E-state index in [9.17, 15) is 0 Å². The molecular weight excluding hydrogens is 968 g/mol. The van der Waals surface area contributed by atoms with E-state index in [1.165, 1.54) is 24.1 Å². The van der Waals surface area contributed by atoms with Crippen LogP contribution in [-0.4, -0.2) is 33.5 Å². The third kappa shape index (κ3) is 10.2. The number of halogens is 8. The highest BCUT2D eigenvalue weighted by Gasteiger charge is 2.14. The summed E-state index contributed by atoms with van der Waals surface area (Å²) in [7, 11) is 0. The normalized spacial score (nSPS) is 13.2. The summed E-state index contributed by atoms with van der Waals surface area (Å²) in [5, 5.41) is 1.63. The minimum absolute atomic E-state index is 0.237. The van der Waals surface area contributed by atoms with Crippen LogP contribution in [0.5, 0.6) is 11.5 Å². The van der Waals surface area contributed by atoms with Gasteiger partial charge >= 0.3 is 0 Å². The average molecular weight is 982 g/mol. The van der Waals surface area contributed by atoms with Gasteiger partial charge in [-0.05, 0) is 88.0 Å². The summed E-state index contributed by atoms with van der Waals surface area (Å²) in [6.07, 6.45) is 0. The molecule has 2 unspecified atom stereocenters. The third-order valence-electron chi connectivity index (χ3n) is 3.36. The molecule has 0 aliphatic heterocycles. The van der Waals surface area contributed by atoms with E-state index in [2.05, 4.69) is 127 Å². The van der Waals surface area contributed by atoms with Gasteiger partial charge in [-0.1, -0.05) is 63.7 Å². The molecule has 0 fully saturated rings. The van der Waals surface area contributed by atoms with E-state index in [1.54, 1.807) is 0 Å². The van der Waals surface area contributed by atoms with E-state index in [4.69, 9.17) is 13.1 Å². The zero-order valence-corrected chi connectivity index (χ0v) is 29.7. The first-order valence-electron chi connectivity index (χ1n) is 8.40. The zero-order valence-electron chi connectivity index (χ0n) is 15.4. The molecule has 0 aromatic heterocycles. The lowest BCUT2D eigenvalue weighted by Crippen LogP contribution is -2.12. The smallest absolute Gasteiger partial charge is 0.147 e. The minimum atomic E-state index is 0.237. The molecule has 2 atom stereocenters. The van der Waals surface area contributed by atoms with Gasteiger partial charge in [0.25, 0.3) is 0 Å². The lowest BCUT2D eigenvalue weighted by Gasteiger charge is -2.14. The van der Waals surface area contributed by atoms with Crippen molar-refractivity contribution in [3.63, 3.8) is 0 Å². The molecule has 2 aromatic rings. The molecule has 172 valence electrons. The fourth-order valence-corrected chi connectivity index (χ4v) is 7.48. The lowest BCUT2D eigenvalue weighted by atomic mass is 10.3. The first-order valence-corrected chi connectivity index (χ1v) is 17.1. The maximum Gasteiger partial charge on any atom is 0.147 e. The van der Waals surface area contributed by atoms with Crippen LogP contribution >= 0.6 is 152 Å². The van der Waals surface area contributed by atoms with E-state index in [0.717, 1.165) is 49.8 Å². The molecule has 2 rings (SSSR count). The molecule has 2 aromatic carbocycles. The van der Waals surface area contributed by atoms with Gasteiger partial charge in [-0.15, -0.1) is 0 Å². The summed E-state index contributed by atoms with van der Waals surface area (Å²) in [6, 6.07) is 7.86. The predicted octanol–water partition coefficient (Wildman–Crippen LogP) is 10.5. The van der Waals surface area contributed by atoms with E-state index >= 15 is 0 Å². The van der Waals surface area contributed by atoms with Gasteiger partial charge in [-0.3, -0.25) is 0 Å². The van der Waals surface area contributed by atoms with Crippen molar-refractivity contribution in [2.45, 2.75) is 19.4 Å². The Bertz CT molecular complexity index is 758. The summed E-state index contributed by atoms with van der Waals surface area (Å²) in [5.41, 5.74) is 0. The van der Waals surface area contributed by atoms with Crippen molar-refractivity contribution in [2.75, 3.05) is 23.9 Å². The van der Waals surface area contributed by atoms with Gasteiger partial charge in [-0.2, -0.15) is 0 Å². The molecule has 0 radical (unpaired) electrons. The van der Waals surface area contributed by atoms with E-state index in [0.29, 0.717) is 13.2 Å². The highest BCUT2D eigenvalue weighted by molar-refractivity contribution is 9.12. The molecule has 0 aliphatic rings. The molecule has 0 spiro atoms. The van der Waals surface area contributed by atoms with E-state index in [1.807, 2.05) is 24.3 Å². The van der Waals surface area contributed by atoms with Crippen molar-refractivity contribution < 1.29 is 13.1 Å². The van der Waals surface area contributed by atoms with E-state index in [-0.39, 0.29) is 9.65 Å². The Hall–Kier alpha value is 2.54. The molecular formula is C18H14Br8O3S2. The quantitative estimate of drug-likeness (QED) is 0.156. The van der Waals surface area contributed by atoms with E-state index < -0.39 is 0 Å². The number of rotatable bonds is 12. The topological polar surface area (TPSA) is 27.7 Å². The van der Waals surface area contributed by atoms with Crippen LogP contribution in [0.3, 0.4) is 0 Å². The lowest BCUT2D eigenvalue weighted by molar-refractivity contribution is 0.321. The number of ether oxygens (including phenoxy) is 2. The SMILES string of the molecule is BrCC(Br)COc1c(Br)cc(SOSc2cc(Br)c(OCC(Br)CBr)c(Br)c2)cc1Br. The molecule has 13 heteroatoms. The van der Waals surface area contributed by atoms with Crippen LogP contribution in [-0.2, 0) is 3.63 Å². The van der Waals surface area contributed by atoms with Crippen LogP contribution in [0, 0.1) is 0 Å². The van der Waals surface area contributed by atoms with Gasteiger partial charge < -0.3 is 9.47 Å². The molecule has 0 saturated heterocycles. The summed E-state index contributed by atoms with van der Waals surface area (Å²) in [4.78, 5) is 2.35. The van der Waals surface area contributed by atoms with Crippen molar-refractivity contribution >= 4 is 152 Å². The van der Waals surface area contributed by atoms with Crippen LogP contribution in [0.4, 0.5) is 0 Å². The molecule has 0 saturated carbocycles. The fraction of sp³-hybridized carbons (Fsp3) is 0.333. The second-order valence-corrected chi connectivity index (χ2v) is 14.9. The van der Waals surface area contributed by atoms with Crippen LogP contribution in [0.1, 0.15) is 0 Å². The first kappa shape index (κ1) is 29.8. The highest BCUT2D eigenvalue weighted by Crippen LogP contribution is 2.42. The molecule has 3 nitrogen and oxygen atoms in total. The van der Waals surface area contributed by atoms with Crippen LogP contribution in [0.2, 0.25) is 0 Å². The van der Waals surface area contributed by atoms with Gasteiger partial charge in [0, 0.05) is 44.5 Å². The highest BCUT2D eigenvalue weighted by atomic mass is 79.9. The average Bonchev–Trinajstić information content (AvgIpc) is 2.72. The van der Waals surface area contributed by atoms with Gasteiger partial charge in [-0.25, -0.2) is 3.63 Å². The number of hydrogen-bond acceptors (Lipinski definition) is 5. The molecule has 0 amide bonds. The number of benzene rings is 2. The van der Waals surface area contributed by atoms with Crippen molar-refractivity contribution in [2.24, 2.45) is 0 Å². The molecule has 0 N–H and O–H groups in total. The van der Waals surface area contributed by atoms with Crippen LogP contribution < -0.4 is 9.47 Å². The second-order valence-electron chi connectivity index (χ2n) is 5.79. The van der Waals surface area contributed by atoms with Gasteiger partial charge in [0.05, 0.1) is 27.5 Å². The number of alkyl halides is 4. The maximum atomic E-state index is 5.87. The summed E-state index contributed by atoms with van der Waals surface area (Å²) >= 11 is 30.8. The van der Waals surface area contributed by atoms with Crippen LogP contribution in [0.25, 0.3) is 0 Å². The Balaban J connectivity index is 1.95. The standard InChI is InChI=1S/C18H14Br8O3S2/c19-5-9(21)7-27-17-13(23)1-11(2-14(17)24)30-29-31-12-3-15(25)18(16(26)4-12)28-8-10(22)6-20/h1-4,9-10H,5-8H2. The molecule has 0 aliphatic carbocycles. The Morgan fingerprint density at radius 1 is 0.645 bits per heavy atom. The Morgan fingerprint density at radius 3 is 1.26 bits per heavy atom. The summed E-state index contributed by atoms with van der Waals surface area (Å²) in [5.74, 6) is 1.52. The largest absolute Gasteiger partial charge is 0.490 e. The van der Waals surface area contributed by atoms with Crippen LogP contribution in [0.15, 0.2) is 51.9 Å². The Labute approximate surface area is 258 Å². The van der Waals surface area contributed by atoms with Crippen molar-refractivity contribution in [1.29, 1.82) is 0 Å². The molecule has 31 heavy (non-hydrogen) atoms. The van der Waals surface area contributed by atoms with Gasteiger partial charge in [0.1, 0.15) is 24.7 Å². The Morgan fingerprint density at radius 2 is 0.968 bits per heavy atom. The molecule has 0 bridgehead atoms. The molecule has 0 heterocycles. The van der Waals surface area contributed by atoms with Gasteiger partial charge in [0.15, 0.2) is 0 Å². The predicted molar refractivity (Wildman–Crippen MR) is 160 cm³/mol. The van der Waals surface area contributed by atoms with Crippen molar-refractivity contribution in [1.82, 2.24) is 0 Å². The Kier molecular flexibility index (Phi) is 15.0. The second kappa shape index (κ2) is 15.6. The first-order chi connectivity index (χ1) is 14.7. The maximum absolute atomic E-state index is 5.87. The number of hydrogen-bond donors (Lipinski definition) is 0. The fourth-order valence-electron chi connectivity index (χ4n) is 1.98. The minimum Gasteiger partial charge on any atom is -0.490 e. The summed E-state index contributed by atoms with van der Waals surface area (Å²) in [6.45, 7) is 1.11. The van der Waals surface area contributed by atoms with Gasteiger partial charge in [0.2, 0.25) is 0 Å². The van der Waals surface area contributed by atoms with Crippen molar-refractivity contribution in [3.8, 4) is 11.5 Å². The van der Waals surface area contributed by atoms with Crippen molar-refractivity contribution in [3.05, 3.63) is 42.2 Å². The monoisotopic (exact) mass is 973 g/mol. The third-order valence-corrected chi connectivity index (χ3v) is 11.6. The zero-order chi connectivity index (χ0) is 23.0.